The largest absolute Gasteiger partial charge is 0.435 e. The molecule has 2 aromatic heterocycles. The lowest BCUT2D eigenvalue weighted by atomic mass is 9.77. The highest BCUT2D eigenvalue weighted by Gasteiger charge is 2.35. The van der Waals surface area contributed by atoms with Gasteiger partial charge >= 0.3 is 0 Å². The van der Waals surface area contributed by atoms with Crippen LogP contribution in [0.2, 0.25) is 0 Å². The van der Waals surface area contributed by atoms with Gasteiger partial charge in [-0.05, 0) is 74.5 Å². The van der Waals surface area contributed by atoms with E-state index in [-0.39, 0.29) is 17.7 Å². The van der Waals surface area contributed by atoms with Gasteiger partial charge in [-0.2, -0.15) is 0 Å². The maximum Gasteiger partial charge on any atom is 0.228 e. The van der Waals surface area contributed by atoms with Gasteiger partial charge in [-0.25, -0.2) is 32.5 Å². The van der Waals surface area contributed by atoms with Gasteiger partial charge in [0, 0.05) is 25.0 Å². The van der Waals surface area contributed by atoms with Crippen molar-refractivity contribution < 1.29 is 17.5 Å². The number of hydrogen-bond acceptors (Lipinski definition) is 8. The molecule has 11 heteroatoms. The summed E-state index contributed by atoms with van der Waals surface area (Å²) < 4.78 is 47.5. The Balaban J connectivity index is 1.43. The number of halogens is 1. The highest BCUT2D eigenvalue weighted by Crippen LogP contribution is 2.41. The van der Waals surface area contributed by atoms with Crippen LogP contribution in [0.25, 0.3) is 11.3 Å². The van der Waals surface area contributed by atoms with Gasteiger partial charge in [0.1, 0.15) is 0 Å². The molecule has 0 amide bonds. The summed E-state index contributed by atoms with van der Waals surface area (Å²) in [6.45, 7) is 3.62. The molecule has 2 fully saturated rings. The number of pyridine rings is 1. The molecular formula is C27H33FN6O3S. The second kappa shape index (κ2) is 11.7. The van der Waals surface area contributed by atoms with Crippen LogP contribution >= 0.6 is 0 Å². The molecular weight excluding hydrogens is 507 g/mol. The van der Waals surface area contributed by atoms with E-state index in [2.05, 4.69) is 30.3 Å². The third kappa shape index (κ3) is 5.95. The van der Waals surface area contributed by atoms with Gasteiger partial charge in [0.15, 0.2) is 11.6 Å². The van der Waals surface area contributed by atoms with E-state index in [1.807, 2.05) is 12.1 Å². The molecule has 0 unspecified atom stereocenters. The quantitative estimate of drug-likeness (QED) is 0.314. The van der Waals surface area contributed by atoms with Crippen LogP contribution in [0.15, 0.2) is 42.7 Å². The van der Waals surface area contributed by atoms with E-state index in [9.17, 15) is 8.42 Å². The summed E-state index contributed by atoms with van der Waals surface area (Å²) in [4.78, 5) is 13.4. The lowest BCUT2D eigenvalue weighted by molar-refractivity contribution is 0.274. The zero-order chi connectivity index (χ0) is 26.5. The number of ether oxygens (including phenoxy) is 1. The van der Waals surface area contributed by atoms with Gasteiger partial charge < -0.3 is 15.4 Å². The average Bonchev–Trinajstić information content (AvgIpc) is 2.92. The van der Waals surface area contributed by atoms with E-state index in [1.54, 1.807) is 31.5 Å². The highest BCUT2D eigenvalue weighted by molar-refractivity contribution is 7.70. The maximum atomic E-state index is 15.5. The molecule has 38 heavy (non-hydrogen) atoms. The summed E-state index contributed by atoms with van der Waals surface area (Å²) in [5.41, 5.74) is 1.58. The highest BCUT2D eigenvalue weighted by atomic mass is 32.2. The summed E-state index contributed by atoms with van der Waals surface area (Å²) in [5.74, 6) is 0.213. The monoisotopic (exact) mass is 540 g/mol. The molecule has 0 spiro atoms. The Morgan fingerprint density at radius 3 is 2.68 bits per heavy atom. The van der Waals surface area contributed by atoms with Crippen LogP contribution in [-0.2, 0) is 16.4 Å². The zero-order valence-corrected chi connectivity index (χ0v) is 22.3. The number of nitrogens with one attached hydrogen (secondary N) is 3. The molecule has 1 saturated carbocycles. The average molecular weight is 541 g/mol. The smallest absolute Gasteiger partial charge is 0.228 e. The number of aryl methyl sites for hydroxylation is 1. The first kappa shape index (κ1) is 26.5. The number of anilines is 1. The molecule has 0 radical (unpaired) electrons. The summed E-state index contributed by atoms with van der Waals surface area (Å²) in [6, 6.07) is 8.81. The third-order valence-corrected chi connectivity index (χ3v) is 7.94. The molecule has 3 heterocycles. The molecule has 2 aliphatic rings. The Hall–Kier alpha value is -3.15. The fourth-order valence-electron chi connectivity index (χ4n) is 5.43. The second-order valence-electron chi connectivity index (χ2n) is 10.0. The van der Waals surface area contributed by atoms with Gasteiger partial charge in [0.05, 0.1) is 16.8 Å². The van der Waals surface area contributed by atoms with Gasteiger partial charge in [-0.1, -0.05) is 25.3 Å². The SMILES string of the molecule is Cc1cc(C2(N[SH](=O)=O)CCCCC2)cc(F)c1Oc1ncccc1-c1ccnc(N[C@H]2CCCNC2)n1. The molecule has 1 aliphatic carbocycles. The summed E-state index contributed by atoms with van der Waals surface area (Å²) in [6.07, 6.45) is 9.42. The molecule has 9 nitrogen and oxygen atoms in total. The van der Waals surface area contributed by atoms with Crippen LogP contribution < -0.4 is 20.1 Å². The Kier molecular flexibility index (Phi) is 8.15. The van der Waals surface area contributed by atoms with E-state index in [4.69, 9.17) is 4.74 Å². The molecule has 1 atom stereocenters. The van der Waals surface area contributed by atoms with Crippen LogP contribution in [0.5, 0.6) is 11.6 Å². The molecule has 3 aromatic rings. The van der Waals surface area contributed by atoms with Crippen LogP contribution in [0, 0.1) is 12.7 Å². The third-order valence-electron chi connectivity index (χ3n) is 7.33. The normalized spacial score (nSPS) is 19.3. The fraction of sp³-hybridized carbons (Fsp3) is 0.444. The first-order valence-electron chi connectivity index (χ1n) is 13.1. The Bertz CT molecular complexity index is 1330. The second-order valence-corrected chi connectivity index (χ2v) is 10.8. The summed E-state index contributed by atoms with van der Waals surface area (Å²) in [5, 5.41) is 6.74. The predicted molar refractivity (Wildman–Crippen MR) is 144 cm³/mol. The standard InChI is InChI=1S/C27H33FN6O3S/c1-18-15-19(27(34-38(35)36)10-3-2-4-11-27)16-22(28)24(18)37-25-21(8-6-13-30-25)23-9-14-31-26(33-23)32-20-7-5-12-29-17-20/h6,8-9,13-16,20,29,38H,2-5,7,10-12,17H2,1H3,(H,31,32,33)(H,34,35,36)/t20-/m0/s1. The molecule has 1 saturated heterocycles. The van der Waals surface area contributed by atoms with Gasteiger partial charge in [-0.15, -0.1) is 0 Å². The first-order valence-corrected chi connectivity index (χ1v) is 14.3. The van der Waals surface area contributed by atoms with Crippen molar-refractivity contribution in [2.45, 2.75) is 63.5 Å². The maximum absolute atomic E-state index is 15.5. The summed E-state index contributed by atoms with van der Waals surface area (Å²) >= 11 is 0. The number of nitrogens with zero attached hydrogens (tertiary/aromatic N) is 3. The fourth-order valence-corrected chi connectivity index (χ4v) is 6.13. The molecule has 5 rings (SSSR count). The Labute approximate surface area is 223 Å². The molecule has 3 N–H and O–H groups in total. The minimum Gasteiger partial charge on any atom is -0.435 e. The number of benzene rings is 1. The van der Waals surface area contributed by atoms with Gasteiger partial charge in [0.2, 0.25) is 22.7 Å². The van der Waals surface area contributed by atoms with Crippen molar-refractivity contribution in [3.05, 3.63) is 59.7 Å². The number of aromatic nitrogens is 3. The van der Waals surface area contributed by atoms with Crippen molar-refractivity contribution >= 4 is 16.8 Å². The van der Waals surface area contributed by atoms with E-state index in [0.29, 0.717) is 41.2 Å². The molecule has 1 aliphatic heterocycles. The zero-order valence-electron chi connectivity index (χ0n) is 21.4. The predicted octanol–water partition coefficient (Wildman–Crippen LogP) is 4.22. The number of thiol groups is 1. The van der Waals surface area contributed by atoms with Crippen LogP contribution in [0.4, 0.5) is 10.3 Å². The van der Waals surface area contributed by atoms with Crippen molar-refractivity contribution in [3.8, 4) is 22.9 Å². The molecule has 0 bridgehead atoms. The Morgan fingerprint density at radius 1 is 1.11 bits per heavy atom. The first-order chi connectivity index (χ1) is 18.4. The van der Waals surface area contributed by atoms with E-state index in [1.165, 1.54) is 6.07 Å². The van der Waals surface area contributed by atoms with Crippen LogP contribution in [0.3, 0.4) is 0 Å². The van der Waals surface area contributed by atoms with Crippen LogP contribution in [-0.4, -0.2) is 42.5 Å². The van der Waals surface area contributed by atoms with E-state index >= 15 is 4.39 Å². The van der Waals surface area contributed by atoms with Crippen molar-refractivity contribution in [2.75, 3.05) is 18.4 Å². The van der Waals surface area contributed by atoms with Crippen molar-refractivity contribution in [1.82, 2.24) is 25.0 Å². The molecule has 202 valence electrons. The molecule has 1 aromatic carbocycles. The van der Waals surface area contributed by atoms with Crippen molar-refractivity contribution in [1.29, 1.82) is 0 Å². The van der Waals surface area contributed by atoms with E-state index < -0.39 is 22.2 Å². The minimum absolute atomic E-state index is 0.0480. The lowest BCUT2D eigenvalue weighted by Crippen LogP contribution is -2.43. The number of hydrogen-bond donors (Lipinski definition) is 4. The van der Waals surface area contributed by atoms with Gasteiger partial charge in [-0.3, -0.25) is 0 Å². The van der Waals surface area contributed by atoms with E-state index in [0.717, 1.165) is 45.2 Å². The lowest BCUT2D eigenvalue weighted by Gasteiger charge is -2.37. The number of piperidine rings is 1. The van der Waals surface area contributed by atoms with Gasteiger partial charge in [0.25, 0.3) is 0 Å². The van der Waals surface area contributed by atoms with Crippen molar-refractivity contribution in [3.63, 3.8) is 0 Å². The Morgan fingerprint density at radius 2 is 1.95 bits per heavy atom. The van der Waals surface area contributed by atoms with Crippen molar-refractivity contribution in [2.24, 2.45) is 0 Å². The van der Waals surface area contributed by atoms with Crippen LogP contribution in [0.1, 0.15) is 56.1 Å². The summed E-state index contributed by atoms with van der Waals surface area (Å²) in [7, 11) is -2.84. The minimum atomic E-state index is -2.84. The topological polar surface area (TPSA) is 118 Å². The number of rotatable bonds is 8.